The zero-order valence-corrected chi connectivity index (χ0v) is 16.7. The molecule has 5 nitrogen and oxygen atoms in total. The SMILES string of the molecule is Cc1ccc(C2C(C(=O)c3cccs3)=C(O)C(=O)N2c2ccc(C)c(Cl)c2)o1. The van der Waals surface area contributed by atoms with Gasteiger partial charge in [-0.1, -0.05) is 23.7 Å². The Bertz CT molecular complexity index is 1110. The van der Waals surface area contributed by atoms with Crippen molar-refractivity contribution in [3.8, 4) is 0 Å². The molecule has 1 unspecified atom stereocenters. The summed E-state index contributed by atoms with van der Waals surface area (Å²) in [5, 5.41) is 12.9. The first-order chi connectivity index (χ1) is 13.4. The number of hydrogen-bond donors (Lipinski definition) is 1. The highest BCUT2D eigenvalue weighted by atomic mass is 35.5. The Morgan fingerprint density at radius 3 is 2.61 bits per heavy atom. The first-order valence-corrected chi connectivity index (χ1v) is 9.81. The van der Waals surface area contributed by atoms with Crippen LogP contribution in [0.1, 0.15) is 32.8 Å². The highest BCUT2D eigenvalue weighted by Crippen LogP contribution is 2.43. The highest BCUT2D eigenvalue weighted by molar-refractivity contribution is 7.12. The van der Waals surface area contributed by atoms with Crippen molar-refractivity contribution in [1.29, 1.82) is 0 Å². The van der Waals surface area contributed by atoms with E-state index in [0.717, 1.165) is 5.56 Å². The molecule has 0 fully saturated rings. The molecule has 0 aliphatic carbocycles. The van der Waals surface area contributed by atoms with Crippen molar-refractivity contribution >= 4 is 40.3 Å². The van der Waals surface area contributed by atoms with Crippen LogP contribution in [0.15, 0.2) is 63.6 Å². The zero-order chi connectivity index (χ0) is 20.0. The first-order valence-electron chi connectivity index (χ1n) is 8.56. The predicted octanol–water partition coefficient (Wildman–Crippen LogP) is 5.39. The molecular weight excluding hydrogens is 398 g/mol. The molecule has 1 atom stereocenters. The van der Waals surface area contributed by atoms with Gasteiger partial charge in [-0.15, -0.1) is 11.3 Å². The van der Waals surface area contributed by atoms with Gasteiger partial charge in [-0.25, -0.2) is 0 Å². The fraction of sp³-hybridized carbons (Fsp3) is 0.143. The third kappa shape index (κ3) is 2.95. The van der Waals surface area contributed by atoms with E-state index in [1.54, 1.807) is 54.8 Å². The van der Waals surface area contributed by atoms with Gasteiger partial charge in [0, 0.05) is 10.7 Å². The predicted molar refractivity (Wildman–Crippen MR) is 108 cm³/mol. The van der Waals surface area contributed by atoms with Crippen molar-refractivity contribution in [1.82, 2.24) is 0 Å². The van der Waals surface area contributed by atoms with Crippen LogP contribution in [0.3, 0.4) is 0 Å². The third-order valence-corrected chi connectivity index (χ3v) is 5.94. The van der Waals surface area contributed by atoms with E-state index in [2.05, 4.69) is 0 Å². The zero-order valence-electron chi connectivity index (χ0n) is 15.1. The topological polar surface area (TPSA) is 70.8 Å². The number of aliphatic hydroxyl groups is 1. The lowest BCUT2D eigenvalue weighted by molar-refractivity contribution is -0.117. The minimum Gasteiger partial charge on any atom is -0.503 e. The maximum absolute atomic E-state index is 13.1. The molecule has 4 rings (SSSR count). The Kier molecular flexibility index (Phi) is 4.61. The van der Waals surface area contributed by atoms with Crippen molar-refractivity contribution in [2.45, 2.75) is 19.9 Å². The molecule has 142 valence electrons. The molecule has 7 heteroatoms. The van der Waals surface area contributed by atoms with Crippen molar-refractivity contribution in [3.63, 3.8) is 0 Å². The Hall–Kier alpha value is -2.83. The number of benzene rings is 1. The molecule has 3 heterocycles. The monoisotopic (exact) mass is 413 g/mol. The van der Waals surface area contributed by atoms with E-state index in [-0.39, 0.29) is 5.57 Å². The molecule has 2 aromatic heterocycles. The third-order valence-electron chi connectivity index (χ3n) is 4.66. The number of aryl methyl sites for hydroxylation is 2. The molecule has 1 amide bonds. The van der Waals surface area contributed by atoms with Gasteiger partial charge in [-0.05, 0) is 55.1 Å². The molecule has 1 aliphatic rings. The molecule has 0 saturated heterocycles. The Balaban J connectivity index is 1.88. The fourth-order valence-corrected chi connectivity index (χ4v) is 4.10. The van der Waals surface area contributed by atoms with Crippen molar-refractivity contribution in [3.05, 3.63) is 86.2 Å². The summed E-state index contributed by atoms with van der Waals surface area (Å²) in [6.45, 7) is 3.63. The smallest absolute Gasteiger partial charge is 0.294 e. The van der Waals surface area contributed by atoms with Gasteiger partial charge in [-0.2, -0.15) is 0 Å². The molecule has 1 aliphatic heterocycles. The summed E-state index contributed by atoms with van der Waals surface area (Å²) in [4.78, 5) is 27.8. The highest BCUT2D eigenvalue weighted by Gasteiger charge is 2.46. The number of carbonyl (C=O) groups excluding carboxylic acids is 2. The lowest BCUT2D eigenvalue weighted by Crippen LogP contribution is -2.30. The molecular formula is C21H16ClNO4S. The van der Waals surface area contributed by atoms with Crippen molar-refractivity contribution in [2.24, 2.45) is 0 Å². The van der Waals surface area contributed by atoms with E-state index < -0.39 is 23.5 Å². The van der Waals surface area contributed by atoms with Crippen LogP contribution < -0.4 is 4.90 Å². The summed E-state index contributed by atoms with van der Waals surface area (Å²) in [5.74, 6) is -0.612. The van der Waals surface area contributed by atoms with Crippen LogP contribution in [0, 0.1) is 13.8 Å². The average Bonchev–Trinajstić information content (AvgIpc) is 3.39. The number of anilines is 1. The number of thiophene rings is 1. The van der Waals surface area contributed by atoms with E-state index in [9.17, 15) is 14.7 Å². The Morgan fingerprint density at radius 2 is 2.00 bits per heavy atom. The van der Waals surface area contributed by atoms with E-state index in [1.165, 1.54) is 16.2 Å². The number of Topliss-reactive ketones (excluding diaryl/α,β-unsaturated/α-hetero) is 1. The van der Waals surface area contributed by atoms with Crippen molar-refractivity contribution in [2.75, 3.05) is 4.90 Å². The van der Waals surface area contributed by atoms with E-state index in [1.807, 2.05) is 6.92 Å². The summed E-state index contributed by atoms with van der Waals surface area (Å²) in [6, 6.07) is 11.1. The van der Waals surface area contributed by atoms with E-state index in [4.69, 9.17) is 16.0 Å². The number of rotatable bonds is 4. The van der Waals surface area contributed by atoms with Crippen LogP contribution in [0.4, 0.5) is 5.69 Å². The van der Waals surface area contributed by atoms with Crippen LogP contribution >= 0.6 is 22.9 Å². The first kappa shape index (κ1) is 18.5. The average molecular weight is 414 g/mol. The normalized spacial score (nSPS) is 16.9. The number of hydrogen-bond acceptors (Lipinski definition) is 5. The van der Waals surface area contributed by atoms with E-state index >= 15 is 0 Å². The summed E-state index contributed by atoms with van der Waals surface area (Å²) in [5.41, 5.74) is 1.33. The van der Waals surface area contributed by atoms with Crippen LogP contribution in [0.5, 0.6) is 0 Å². The van der Waals surface area contributed by atoms with Crippen LogP contribution in [0.2, 0.25) is 5.02 Å². The second kappa shape index (κ2) is 6.96. The lowest BCUT2D eigenvalue weighted by Gasteiger charge is -2.25. The van der Waals surface area contributed by atoms with Gasteiger partial charge in [0.15, 0.2) is 5.76 Å². The fourth-order valence-electron chi connectivity index (χ4n) is 3.25. The summed E-state index contributed by atoms with van der Waals surface area (Å²) in [6.07, 6.45) is 0. The minimum atomic E-state index is -0.880. The number of halogens is 1. The number of furan rings is 1. The Morgan fingerprint density at radius 1 is 1.21 bits per heavy atom. The van der Waals surface area contributed by atoms with Crippen LogP contribution in [-0.4, -0.2) is 16.8 Å². The minimum absolute atomic E-state index is 0.00139. The van der Waals surface area contributed by atoms with Crippen LogP contribution in [0.25, 0.3) is 0 Å². The molecule has 1 N–H and O–H groups in total. The van der Waals surface area contributed by atoms with Gasteiger partial charge in [0.05, 0.1) is 10.5 Å². The molecule has 0 spiro atoms. The molecule has 28 heavy (non-hydrogen) atoms. The number of carbonyl (C=O) groups is 2. The maximum atomic E-state index is 13.1. The van der Waals surface area contributed by atoms with Gasteiger partial charge in [0.25, 0.3) is 5.91 Å². The molecule has 0 radical (unpaired) electrons. The number of amides is 1. The van der Waals surface area contributed by atoms with Gasteiger partial charge in [-0.3, -0.25) is 14.5 Å². The van der Waals surface area contributed by atoms with E-state index in [0.29, 0.717) is 27.1 Å². The molecule has 0 saturated carbocycles. The number of aliphatic hydroxyl groups excluding tert-OH is 1. The second-order valence-electron chi connectivity index (χ2n) is 6.53. The standard InChI is InChI=1S/C21H16ClNO4S/c1-11-5-7-13(10-14(11)22)23-18(15-8-6-12(2)27-15)17(20(25)21(23)26)19(24)16-4-3-9-28-16/h3-10,18,25H,1-2H3. The number of nitrogens with zero attached hydrogens (tertiary/aromatic N) is 1. The summed E-state index contributed by atoms with van der Waals surface area (Å²) < 4.78 is 5.75. The molecule has 3 aromatic rings. The van der Waals surface area contributed by atoms with Gasteiger partial charge >= 0.3 is 0 Å². The molecule has 0 bridgehead atoms. The maximum Gasteiger partial charge on any atom is 0.294 e. The van der Waals surface area contributed by atoms with Gasteiger partial charge in [0.2, 0.25) is 5.78 Å². The van der Waals surface area contributed by atoms with Gasteiger partial charge < -0.3 is 9.52 Å². The quantitative estimate of drug-likeness (QED) is 0.582. The number of ketones is 1. The second-order valence-corrected chi connectivity index (χ2v) is 7.88. The van der Waals surface area contributed by atoms with Crippen LogP contribution in [-0.2, 0) is 4.79 Å². The molecule has 1 aromatic carbocycles. The Labute approximate surface area is 170 Å². The van der Waals surface area contributed by atoms with Gasteiger partial charge in [0.1, 0.15) is 17.6 Å². The van der Waals surface area contributed by atoms with Crippen molar-refractivity contribution < 1.29 is 19.1 Å². The summed E-state index contributed by atoms with van der Waals surface area (Å²) >= 11 is 7.50. The largest absolute Gasteiger partial charge is 0.503 e. The lowest BCUT2D eigenvalue weighted by atomic mass is 10.00. The summed E-state index contributed by atoms with van der Waals surface area (Å²) in [7, 11) is 0.